The molecule has 9 heteroatoms. The van der Waals surface area contributed by atoms with Crippen molar-refractivity contribution >= 4 is 21.6 Å². The summed E-state index contributed by atoms with van der Waals surface area (Å²) in [4.78, 5) is 12.8. The number of hydrogen-bond acceptors (Lipinski definition) is 5. The molecule has 1 fully saturated rings. The predicted molar refractivity (Wildman–Crippen MR) is 133 cm³/mol. The van der Waals surface area contributed by atoms with Crippen LogP contribution >= 0.6 is 0 Å². The average molecular weight is 502 g/mol. The maximum Gasteiger partial charge on any atom is 0.240 e. The Labute approximate surface area is 206 Å². The molecule has 0 aromatic heterocycles. The Kier molecular flexibility index (Phi) is 9.26. The number of nitrogen functional groups attached to an aromatic ring is 1. The molecule has 7 nitrogen and oxygen atoms in total. The number of rotatable bonds is 8. The van der Waals surface area contributed by atoms with E-state index in [0.717, 1.165) is 5.56 Å². The van der Waals surface area contributed by atoms with E-state index in [9.17, 15) is 17.6 Å². The van der Waals surface area contributed by atoms with Gasteiger partial charge in [-0.15, -0.1) is 0 Å². The van der Waals surface area contributed by atoms with Gasteiger partial charge in [-0.05, 0) is 74.9 Å². The Morgan fingerprint density at radius 2 is 1.86 bits per heavy atom. The van der Waals surface area contributed by atoms with Crippen LogP contribution in [-0.2, 0) is 14.8 Å². The number of benzene rings is 2. The first-order valence-electron chi connectivity index (χ1n) is 11.8. The molecule has 1 atom stereocenters. The van der Waals surface area contributed by atoms with Crippen LogP contribution in [0.2, 0.25) is 0 Å². The Morgan fingerprint density at radius 3 is 2.49 bits per heavy atom. The number of sulfonamides is 1. The smallest absolute Gasteiger partial charge is 0.240 e. The highest BCUT2D eigenvalue weighted by molar-refractivity contribution is 7.89. The fourth-order valence-electron chi connectivity index (χ4n) is 4.07. The molecule has 1 amide bonds. The van der Waals surface area contributed by atoms with Gasteiger partial charge in [-0.3, -0.25) is 4.79 Å². The Hall–Kier alpha value is -2.93. The maximum absolute atomic E-state index is 13.1. The van der Waals surface area contributed by atoms with Gasteiger partial charge in [0.05, 0.1) is 10.9 Å². The number of carbonyl (C=O) groups excluding carboxylic acids is 1. The minimum absolute atomic E-state index is 0.0642. The molecular formula is C26H32FN3O4S. The Bertz CT molecular complexity index is 1180. The van der Waals surface area contributed by atoms with Crippen molar-refractivity contribution in [2.45, 2.75) is 62.4 Å². The van der Waals surface area contributed by atoms with Crippen LogP contribution in [0.25, 0.3) is 0 Å². The molecule has 0 unspecified atom stereocenters. The molecule has 0 bridgehead atoms. The number of nitrogens with one attached hydrogen (secondary N) is 2. The zero-order chi connectivity index (χ0) is 25.4. The Balaban J connectivity index is 1.53. The SMILES string of the molecule is C[C@@H](NC(=O)C1CCC(NS(=O)(=O)c2ccc(C#CCCCO)c(N)c2)CC1)c1ccc(F)cc1. The molecule has 188 valence electrons. The van der Waals surface area contributed by atoms with Gasteiger partial charge in [0, 0.05) is 36.2 Å². The van der Waals surface area contributed by atoms with Gasteiger partial charge in [0.15, 0.2) is 0 Å². The summed E-state index contributed by atoms with van der Waals surface area (Å²) < 4.78 is 41.6. The third-order valence-corrected chi connectivity index (χ3v) is 7.68. The van der Waals surface area contributed by atoms with Crippen LogP contribution in [-0.4, -0.2) is 32.1 Å². The first-order chi connectivity index (χ1) is 16.7. The number of hydrogen-bond donors (Lipinski definition) is 4. The van der Waals surface area contributed by atoms with E-state index >= 15 is 0 Å². The van der Waals surface area contributed by atoms with Crippen LogP contribution in [0.5, 0.6) is 0 Å². The fourth-order valence-corrected chi connectivity index (χ4v) is 5.41. The van der Waals surface area contributed by atoms with E-state index in [0.29, 0.717) is 44.1 Å². The molecule has 35 heavy (non-hydrogen) atoms. The third-order valence-electron chi connectivity index (χ3n) is 6.16. The van der Waals surface area contributed by atoms with Crippen molar-refractivity contribution in [2.24, 2.45) is 5.92 Å². The van der Waals surface area contributed by atoms with Gasteiger partial charge in [-0.1, -0.05) is 24.0 Å². The first-order valence-corrected chi connectivity index (χ1v) is 13.3. The monoisotopic (exact) mass is 501 g/mol. The number of anilines is 1. The second-order valence-electron chi connectivity index (χ2n) is 8.83. The van der Waals surface area contributed by atoms with E-state index in [1.54, 1.807) is 18.2 Å². The number of carbonyl (C=O) groups is 1. The number of unbranched alkanes of at least 4 members (excludes halogenated alkanes) is 1. The lowest BCUT2D eigenvalue weighted by Crippen LogP contribution is -2.41. The summed E-state index contributed by atoms with van der Waals surface area (Å²) in [5.74, 6) is 5.20. The van der Waals surface area contributed by atoms with Crippen molar-refractivity contribution in [1.82, 2.24) is 10.0 Å². The van der Waals surface area contributed by atoms with E-state index < -0.39 is 10.0 Å². The molecule has 2 aromatic rings. The topological polar surface area (TPSA) is 122 Å². The van der Waals surface area contributed by atoms with Gasteiger partial charge < -0.3 is 16.2 Å². The van der Waals surface area contributed by atoms with Crippen molar-refractivity contribution in [3.05, 3.63) is 59.4 Å². The zero-order valence-electron chi connectivity index (χ0n) is 19.8. The van der Waals surface area contributed by atoms with Crippen LogP contribution in [0.4, 0.5) is 10.1 Å². The summed E-state index contributed by atoms with van der Waals surface area (Å²) in [6.45, 7) is 1.91. The maximum atomic E-state index is 13.1. The number of amides is 1. The molecule has 2 aromatic carbocycles. The van der Waals surface area contributed by atoms with E-state index in [-0.39, 0.29) is 46.9 Å². The highest BCUT2D eigenvalue weighted by Crippen LogP contribution is 2.27. The minimum Gasteiger partial charge on any atom is -0.398 e. The summed E-state index contributed by atoms with van der Waals surface area (Å²) in [5, 5.41) is 11.8. The molecule has 0 saturated heterocycles. The lowest BCUT2D eigenvalue weighted by atomic mass is 9.85. The zero-order valence-corrected chi connectivity index (χ0v) is 20.6. The quantitative estimate of drug-likeness (QED) is 0.251. The van der Waals surface area contributed by atoms with Gasteiger partial charge in [-0.2, -0.15) is 0 Å². The fraction of sp³-hybridized carbons (Fsp3) is 0.423. The van der Waals surface area contributed by atoms with Crippen LogP contribution in [0.1, 0.15) is 62.6 Å². The largest absolute Gasteiger partial charge is 0.398 e. The van der Waals surface area contributed by atoms with Gasteiger partial charge in [0.25, 0.3) is 0 Å². The highest BCUT2D eigenvalue weighted by atomic mass is 32.2. The second kappa shape index (κ2) is 12.2. The average Bonchev–Trinajstić information content (AvgIpc) is 2.83. The molecule has 0 aliphatic heterocycles. The molecule has 3 rings (SSSR count). The van der Waals surface area contributed by atoms with Crippen molar-refractivity contribution in [3.8, 4) is 11.8 Å². The van der Waals surface area contributed by atoms with Crippen molar-refractivity contribution < 1.29 is 22.7 Å². The van der Waals surface area contributed by atoms with Crippen LogP contribution in [0.3, 0.4) is 0 Å². The van der Waals surface area contributed by atoms with Crippen LogP contribution < -0.4 is 15.8 Å². The normalized spacial score (nSPS) is 18.8. The lowest BCUT2D eigenvalue weighted by Gasteiger charge is -2.29. The minimum atomic E-state index is -3.77. The van der Waals surface area contributed by atoms with E-state index in [1.165, 1.54) is 24.3 Å². The predicted octanol–water partition coefficient (Wildman–Crippen LogP) is 3.25. The van der Waals surface area contributed by atoms with Gasteiger partial charge in [0.1, 0.15) is 5.82 Å². The summed E-state index contributed by atoms with van der Waals surface area (Å²) in [6, 6.07) is 9.97. The molecule has 1 saturated carbocycles. The van der Waals surface area contributed by atoms with Gasteiger partial charge in [-0.25, -0.2) is 17.5 Å². The first kappa shape index (κ1) is 26.7. The van der Waals surface area contributed by atoms with Gasteiger partial charge in [0.2, 0.25) is 15.9 Å². The molecule has 0 radical (unpaired) electrons. The van der Waals surface area contributed by atoms with Crippen molar-refractivity contribution in [2.75, 3.05) is 12.3 Å². The number of aliphatic hydroxyl groups is 1. The van der Waals surface area contributed by atoms with Gasteiger partial charge >= 0.3 is 0 Å². The van der Waals surface area contributed by atoms with E-state index in [1.807, 2.05) is 6.92 Å². The van der Waals surface area contributed by atoms with E-state index in [4.69, 9.17) is 10.8 Å². The summed E-state index contributed by atoms with van der Waals surface area (Å²) in [7, 11) is -3.77. The molecule has 1 aliphatic rings. The number of nitrogens with two attached hydrogens (primary N) is 1. The standard InChI is InChI=1S/C26H32FN3O4S/c1-18(19-6-11-22(27)12-7-19)29-26(32)21-8-13-23(14-9-21)30-35(33,34)24-15-10-20(25(28)17-24)5-3-2-4-16-31/h6-7,10-12,15,17-18,21,23,30-31H,2,4,8-9,13-14,16,28H2,1H3,(H,29,32)/t18-,21?,23?/m1/s1. The molecular weight excluding hydrogens is 469 g/mol. The van der Waals surface area contributed by atoms with Crippen LogP contribution in [0.15, 0.2) is 47.4 Å². The Morgan fingerprint density at radius 1 is 1.17 bits per heavy atom. The van der Waals surface area contributed by atoms with E-state index in [2.05, 4.69) is 21.9 Å². The molecule has 1 aliphatic carbocycles. The van der Waals surface area contributed by atoms with Crippen molar-refractivity contribution in [3.63, 3.8) is 0 Å². The summed E-state index contributed by atoms with van der Waals surface area (Å²) in [6.07, 6.45) is 3.33. The second-order valence-corrected chi connectivity index (χ2v) is 10.5. The van der Waals surface area contributed by atoms with Crippen molar-refractivity contribution in [1.29, 1.82) is 0 Å². The number of aliphatic hydroxyl groups excluding tert-OH is 1. The molecule has 0 spiro atoms. The summed E-state index contributed by atoms with van der Waals surface area (Å²) in [5.41, 5.74) is 7.64. The summed E-state index contributed by atoms with van der Waals surface area (Å²) >= 11 is 0. The van der Waals surface area contributed by atoms with Crippen LogP contribution in [0, 0.1) is 23.6 Å². The highest BCUT2D eigenvalue weighted by Gasteiger charge is 2.30. The molecule has 5 N–H and O–H groups in total. The third kappa shape index (κ3) is 7.52. The number of halogens is 1. The lowest BCUT2D eigenvalue weighted by molar-refractivity contribution is -0.126. The molecule has 0 heterocycles.